The van der Waals surface area contributed by atoms with Crippen molar-refractivity contribution in [2.45, 2.75) is 0 Å². The standard InChI is InChI=1S/C30H32N4O4/c1-33-12-14-34(15-13-33)26-19-25-24(16-21(26)9-6-20-7-10-23(35-2)11-8-20)31-30(32-25)22-17-27(36-3)29(38-5)28(18-22)37-4/h7-8,10-11,16-19H,12-15H2,1-5H3,(H,31,32). The molecule has 196 valence electrons. The van der Waals surface area contributed by atoms with Gasteiger partial charge in [0, 0.05) is 37.3 Å². The number of hydrogen-bond donors (Lipinski definition) is 1. The van der Waals surface area contributed by atoms with Crippen LogP contribution in [0.15, 0.2) is 48.5 Å². The van der Waals surface area contributed by atoms with Gasteiger partial charge in [-0.05, 0) is 55.6 Å². The summed E-state index contributed by atoms with van der Waals surface area (Å²) in [4.78, 5) is 13.1. The van der Waals surface area contributed by atoms with Crippen LogP contribution in [0, 0.1) is 11.8 Å². The molecule has 0 radical (unpaired) electrons. The minimum Gasteiger partial charge on any atom is -0.497 e. The van der Waals surface area contributed by atoms with Gasteiger partial charge < -0.3 is 33.7 Å². The van der Waals surface area contributed by atoms with Gasteiger partial charge in [0.1, 0.15) is 11.6 Å². The molecule has 1 fully saturated rings. The zero-order valence-corrected chi connectivity index (χ0v) is 22.4. The quantitative estimate of drug-likeness (QED) is 0.384. The van der Waals surface area contributed by atoms with Gasteiger partial charge in [0.05, 0.1) is 50.7 Å². The Bertz CT molecular complexity index is 1470. The van der Waals surface area contributed by atoms with Crippen molar-refractivity contribution in [1.82, 2.24) is 14.9 Å². The maximum Gasteiger partial charge on any atom is 0.203 e. The fourth-order valence-electron chi connectivity index (χ4n) is 4.62. The van der Waals surface area contributed by atoms with E-state index in [9.17, 15) is 0 Å². The van der Waals surface area contributed by atoms with Gasteiger partial charge >= 0.3 is 0 Å². The van der Waals surface area contributed by atoms with Gasteiger partial charge in [-0.25, -0.2) is 4.98 Å². The Hall–Kier alpha value is -4.35. The first-order valence-electron chi connectivity index (χ1n) is 12.5. The highest BCUT2D eigenvalue weighted by Crippen LogP contribution is 2.41. The Kier molecular flexibility index (Phi) is 7.29. The number of hydrogen-bond acceptors (Lipinski definition) is 7. The predicted octanol–water partition coefficient (Wildman–Crippen LogP) is 4.42. The zero-order valence-electron chi connectivity index (χ0n) is 22.4. The zero-order chi connectivity index (χ0) is 26.6. The van der Waals surface area contributed by atoms with Crippen LogP contribution in [-0.4, -0.2) is 76.5 Å². The van der Waals surface area contributed by atoms with Crippen LogP contribution in [0.3, 0.4) is 0 Å². The predicted molar refractivity (Wildman–Crippen MR) is 150 cm³/mol. The maximum absolute atomic E-state index is 5.55. The van der Waals surface area contributed by atoms with Gasteiger partial charge in [0.2, 0.25) is 5.75 Å². The first kappa shape index (κ1) is 25.3. The summed E-state index contributed by atoms with van der Waals surface area (Å²) in [6, 6.07) is 15.8. The smallest absolute Gasteiger partial charge is 0.203 e. The molecule has 1 saturated heterocycles. The number of ether oxygens (including phenoxy) is 4. The highest BCUT2D eigenvalue weighted by molar-refractivity contribution is 5.87. The minimum atomic E-state index is 0.545. The van der Waals surface area contributed by atoms with Crippen molar-refractivity contribution < 1.29 is 18.9 Å². The molecule has 1 N–H and O–H groups in total. The molecule has 0 bridgehead atoms. The molecule has 0 atom stereocenters. The molecule has 0 unspecified atom stereocenters. The average Bonchev–Trinajstić information content (AvgIpc) is 3.38. The lowest BCUT2D eigenvalue weighted by atomic mass is 10.1. The van der Waals surface area contributed by atoms with Crippen LogP contribution in [-0.2, 0) is 0 Å². The molecule has 1 aromatic heterocycles. The molecular weight excluding hydrogens is 480 g/mol. The molecule has 4 aromatic rings. The van der Waals surface area contributed by atoms with Gasteiger partial charge in [-0.3, -0.25) is 0 Å². The van der Waals surface area contributed by atoms with Crippen molar-refractivity contribution in [2.75, 3.05) is 66.6 Å². The molecule has 1 aliphatic rings. The van der Waals surface area contributed by atoms with Crippen molar-refractivity contribution in [3.63, 3.8) is 0 Å². The third-order valence-corrected chi connectivity index (χ3v) is 6.81. The second-order valence-electron chi connectivity index (χ2n) is 9.15. The Morgan fingerprint density at radius 1 is 0.789 bits per heavy atom. The molecule has 0 spiro atoms. The van der Waals surface area contributed by atoms with Crippen molar-refractivity contribution in [3.05, 3.63) is 59.7 Å². The largest absolute Gasteiger partial charge is 0.497 e. The molecule has 0 amide bonds. The van der Waals surface area contributed by atoms with Crippen LogP contribution in [0.25, 0.3) is 22.4 Å². The van der Waals surface area contributed by atoms with Crippen LogP contribution in [0.5, 0.6) is 23.0 Å². The molecule has 0 saturated carbocycles. The number of fused-ring (bicyclic) bond motifs is 1. The molecule has 3 aromatic carbocycles. The van der Waals surface area contributed by atoms with Crippen LogP contribution < -0.4 is 23.8 Å². The van der Waals surface area contributed by atoms with Crippen molar-refractivity contribution in [3.8, 4) is 46.2 Å². The summed E-state index contributed by atoms with van der Waals surface area (Å²) in [5.41, 5.74) is 5.59. The summed E-state index contributed by atoms with van der Waals surface area (Å²) in [5, 5.41) is 0. The second kappa shape index (κ2) is 11.0. The molecule has 8 nitrogen and oxygen atoms in total. The molecule has 8 heteroatoms. The van der Waals surface area contributed by atoms with Crippen LogP contribution in [0.4, 0.5) is 5.69 Å². The monoisotopic (exact) mass is 512 g/mol. The number of H-pyrrole nitrogens is 1. The lowest BCUT2D eigenvalue weighted by Crippen LogP contribution is -2.44. The van der Waals surface area contributed by atoms with E-state index in [2.05, 4.69) is 45.8 Å². The van der Waals surface area contributed by atoms with Gasteiger partial charge in [-0.1, -0.05) is 11.8 Å². The number of piperazine rings is 1. The van der Waals surface area contributed by atoms with Gasteiger partial charge in [0.15, 0.2) is 11.5 Å². The number of aromatic amines is 1. The van der Waals surface area contributed by atoms with Crippen molar-refractivity contribution in [2.24, 2.45) is 0 Å². The van der Waals surface area contributed by atoms with E-state index in [1.54, 1.807) is 28.4 Å². The van der Waals surface area contributed by atoms with E-state index < -0.39 is 0 Å². The number of nitrogens with zero attached hydrogens (tertiary/aromatic N) is 3. The molecule has 2 heterocycles. The van der Waals surface area contributed by atoms with Crippen LogP contribution >= 0.6 is 0 Å². The number of methoxy groups -OCH3 is 4. The highest BCUT2D eigenvalue weighted by Gasteiger charge is 2.20. The van der Waals surface area contributed by atoms with E-state index in [0.717, 1.165) is 65.3 Å². The van der Waals surface area contributed by atoms with Gasteiger partial charge in [-0.15, -0.1) is 0 Å². The molecule has 5 rings (SSSR count). The molecule has 1 aliphatic heterocycles. The minimum absolute atomic E-state index is 0.545. The second-order valence-corrected chi connectivity index (χ2v) is 9.15. The number of rotatable bonds is 6. The summed E-state index contributed by atoms with van der Waals surface area (Å²) in [6.07, 6.45) is 0. The molecule has 38 heavy (non-hydrogen) atoms. The van der Waals surface area contributed by atoms with E-state index in [1.807, 2.05) is 36.4 Å². The highest BCUT2D eigenvalue weighted by atomic mass is 16.5. The van der Waals surface area contributed by atoms with Crippen LogP contribution in [0.1, 0.15) is 11.1 Å². The topological polar surface area (TPSA) is 72.1 Å². The number of imidazole rings is 1. The van der Waals surface area contributed by atoms with Crippen LogP contribution in [0.2, 0.25) is 0 Å². The average molecular weight is 513 g/mol. The summed E-state index contributed by atoms with van der Waals surface area (Å²) >= 11 is 0. The Labute approximate surface area is 223 Å². The number of benzene rings is 3. The normalized spacial score (nSPS) is 13.7. The van der Waals surface area contributed by atoms with Gasteiger partial charge in [0.25, 0.3) is 0 Å². The van der Waals surface area contributed by atoms with E-state index in [1.165, 1.54) is 0 Å². The molecule has 0 aliphatic carbocycles. The summed E-state index contributed by atoms with van der Waals surface area (Å²) < 4.78 is 21.8. The third kappa shape index (κ3) is 5.06. The SMILES string of the molecule is COc1ccc(C#Cc2cc3[nH]c(-c4cc(OC)c(OC)c(OC)c4)nc3cc2N2CCN(C)CC2)cc1. The number of likely N-dealkylation sites (N-methyl/N-ethyl adjacent to an activating group) is 1. The first-order chi connectivity index (χ1) is 18.5. The van der Waals surface area contributed by atoms with Crippen molar-refractivity contribution in [1.29, 1.82) is 0 Å². The fourth-order valence-corrected chi connectivity index (χ4v) is 4.62. The summed E-state index contributed by atoms with van der Waals surface area (Å²) in [5.74, 6) is 9.96. The lowest BCUT2D eigenvalue weighted by molar-refractivity contribution is 0.313. The molecular formula is C30H32N4O4. The number of anilines is 1. The number of nitrogens with one attached hydrogen (secondary N) is 1. The third-order valence-electron chi connectivity index (χ3n) is 6.81. The summed E-state index contributed by atoms with van der Waals surface area (Å²) in [6.45, 7) is 3.87. The first-order valence-corrected chi connectivity index (χ1v) is 12.5. The number of aromatic nitrogens is 2. The van der Waals surface area contributed by atoms with E-state index in [4.69, 9.17) is 23.9 Å². The van der Waals surface area contributed by atoms with E-state index in [-0.39, 0.29) is 0 Å². The Balaban J connectivity index is 1.59. The van der Waals surface area contributed by atoms with Crippen molar-refractivity contribution >= 4 is 16.7 Å². The lowest BCUT2D eigenvalue weighted by Gasteiger charge is -2.34. The maximum atomic E-state index is 5.55. The van der Waals surface area contributed by atoms with Gasteiger partial charge in [-0.2, -0.15) is 0 Å². The Morgan fingerprint density at radius 3 is 2.08 bits per heavy atom. The van der Waals surface area contributed by atoms with E-state index >= 15 is 0 Å². The summed E-state index contributed by atoms with van der Waals surface area (Å²) in [7, 11) is 8.62. The Morgan fingerprint density at radius 2 is 1.47 bits per heavy atom. The van der Waals surface area contributed by atoms with E-state index in [0.29, 0.717) is 23.1 Å². The fraction of sp³-hybridized carbons (Fsp3) is 0.300.